The lowest BCUT2D eigenvalue weighted by Gasteiger charge is -2.14. The van der Waals surface area contributed by atoms with Gasteiger partial charge in [-0.2, -0.15) is 0 Å². The van der Waals surface area contributed by atoms with E-state index in [4.69, 9.17) is 4.98 Å². The molecule has 0 aliphatic heterocycles. The summed E-state index contributed by atoms with van der Waals surface area (Å²) in [5.74, 6) is 1.19. The first-order valence-corrected chi connectivity index (χ1v) is 9.07. The van der Waals surface area contributed by atoms with Gasteiger partial charge in [-0.25, -0.2) is 9.97 Å². The summed E-state index contributed by atoms with van der Waals surface area (Å²) in [5.41, 5.74) is 3.56. The Morgan fingerprint density at radius 3 is 2.24 bits per heavy atom. The van der Waals surface area contributed by atoms with Crippen molar-refractivity contribution in [1.82, 2.24) is 9.97 Å². The van der Waals surface area contributed by atoms with Crippen molar-refractivity contribution in [2.45, 2.75) is 0 Å². The molecule has 0 amide bonds. The van der Waals surface area contributed by atoms with Crippen LogP contribution < -0.4 is 10.2 Å². The predicted molar refractivity (Wildman–Crippen MR) is 116 cm³/mol. The number of benzene rings is 3. The van der Waals surface area contributed by atoms with E-state index in [2.05, 4.69) is 10.3 Å². The maximum Gasteiger partial charge on any atom is 0.269 e. The van der Waals surface area contributed by atoms with Crippen LogP contribution in [0.15, 0.2) is 72.8 Å². The number of nitrogens with one attached hydrogen (secondary N) is 1. The summed E-state index contributed by atoms with van der Waals surface area (Å²) in [6.07, 6.45) is 0. The number of non-ortho nitro benzene ring substituents is 1. The standard InChI is InChI=1S/C22H19N5O2/c1-26(2)17-13-9-16(10-14-17)23-22-19-5-3-4-6-20(19)24-21(25-22)15-7-11-18(12-8-15)27(28)29/h3-14H,1-2H3,(H,23,24,25). The van der Waals surface area contributed by atoms with Gasteiger partial charge in [-0.1, -0.05) is 12.1 Å². The molecule has 0 saturated carbocycles. The minimum Gasteiger partial charge on any atom is -0.378 e. The van der Waals surface area contributed by atoms with Crippen molar-refractivity contribution in [3.05, 3.63) is 82.9 Å². The van der Waals surface area contributed by atoms with E-state index in [1.165, 1.54) is 12.1 Å². The molecular formula is C22H19N5O2. The van der Waals surface area contributed by atoms with E-state index in [-0.39, 0.29) is 5.69 Å². The Bertz CT molecular complexity index is 1170. The molecule has 4 rings (SSSR count). The summed E-state index contributed by atoms with van der Waals surface area (Å²) in [7, 11) is 3.99. The van der Waals surface area contributed by atoms with Crippen molar-refractivity contribution in [2.24, 2.45) is 0 Å². The Hall–Kier alpha value is -4.00. The van der Waals surface area contributed by atoms with Crippen molar-refractivity contribution >= 4 is 33.8 Å². The fourth-order valence-electron chi connectivity index (χ4n) is 3.01. The molecule has 0 atom stereocenters. The molecule has 0 spiro atoms. The zero-order valence-electron chi connectivity index (χ0n) is 16.0. The molecule has 0 fully saturated rings. The van der Waals surface area contributed by atoms with E-state index in [9.17, 15) is 10.1 Å². The first-order valence-electron chi connectivity index (χ1n) is 9.07. The minimum absolute atomic E-state index is 0.0360. The minimum atomic E-state index is -0.421. The number of fused-ring (bicyclic) bond motifs is 1. The van der Waals surface area contributed by atoms with E-state index in [1.807, 2.05) is 67.5 Å². The topological polar surface area (TPSA) is 84.2 Å². The third-order valence-electron chi connectivity index (χ3n) is 4.59. The summed E-state index contributed by atoms with van der Waals surface area (Å²) in [5, 5.41) is 15.2. The Labute approximate surface area is 167 Å². The average molecular weight is 385 g/mol. The molecule has 7 heteroatoms. The lowest BCUT2D eigenvalue weighted by atomic mass is 10.1. The molecule has 0 radical (unpaired) electrons. The van der Waals surface area contributed by atoms with Gasteiger partial charge in [0.25, 0.3) is 5.69 Å². The van der Waals surface area contributed by atoms with Gasteiger partial charge >= 0.3 is 0 Å². The fourth-order valence-corrected chi connectivity index (χ4v) is 3.01. The number of anilines is 3. The van der Waals surface area contributed by atoms with Crippen LogP contribution in [0.3, 0.4) is 0 Å². The quantitative estimate of drug-likeness (QED) is 0.384. The van der Waals surface area contributed by atoms with E-state index in [0.29, 0.717) is 17.2 Å². The molecule has 0 aliphatic rings. The van der Waals surface area contributed by atoms with Crippen molar-refractivity contribution in [1.29, 1.82) is 0 Å². The SMILES string of the molecule is CN(C)c1ccc(Nc2nc(-c3ccc([N+](=O)[O-])cc3)nc3ccccc23)cc1. The number of nitro groups is 1. The van der Waals surface area contributed by atoms with E-state index >= 15 is 0 Å². The summed E-state index contributed by atoms with van der Waals surface area (Å²) >= 11 is 0. The van der Waals surface area contributed by atoms with Crippen molar-refractivity contribution in [2.75, 3.05) is 24.3 Å². The third-order valence-corrected chi connectivity index (χ3v) is 4.59. The number of para-hydroxylation sites is 1. The lowest BCUT2D eigenvalue weighted by Crippen LogP contribution is -2.08. The van der Waals surface area contributed by atoms with Gasteiger partial charge < -0.3 is 10.2 Å². The molecule has 1 aromatic heterocycles. The fraction of sp³-hybridized carbons (Fsp3) is 0.0909. The van der Waals surface area contributed by atoms with Crippen LogP contribution in [0.2, 0.25) is 0 Å². The summed E-state index contributed by atoms with van der Waals surface area (Å²) in [6, 6.07) is 22.1. The number of rotatable bonds is 5. The van der Waals surface area contributed by atoms with Crippen LogP contribution in [0.25, 0.3) is 22.3 Å². The second-order valence-electron chi connectivity index (χ2n) is 6.78. The van der Waals surface area contributed by atoms with Crippen molar-refractivity contribution in [3.63, 3.8) is 0 Å². The molecular weight excluding hydrogens is 366 g/mol. The summed E-state index contributed by atoms with van der Waals surface area (Å²) < 4.78 is 0. The molecule has 29 heavy (non-hydrogen) atoms. The zero-order valence-corrected chi connectivity index (χ0v) is 16.0. The summed E-state index contributed by atoms with van der Waals surface area (Å²) in [4.78, 5) is 21.9. The predicted octanol–water partition coefficient (Wildman–Crippen LogP) is 5.01. The van der Waals surface area contributed by atoms with Crippen LogP contribution in [-0.2, 0) is 0 Å². The van der Waals surface area contributed by atoms with Crippen LogP contribution in [0.4, 0.5) is 22.9 Å². The highest BCUT2D eigenvalue weighted by Crippen LogP contribution is 2.28. The smallest absolute Gasteiger partial charge is 0.269 e. The lowest BCUT2D eigenvalue weighted by molar-refractivity contribution is -0.384. The van der Waals surface area contributed by atoms with Crippen LogP contribution in [-0.4, -0.2) is 29.0 Å². The van der Waals surface area contributed by atoms with Crippen LogP contribution in [0, 0.1) is 10.1 Å². The Morgan fingerprint density at radius 1 is 0.897 bits per heavy atom. The molecule has 1 heterocycles. The maximum atomic E-state index is 10.9. The second-order valence-corrected chi connectivity index (χ2v) is 6.78. The van der Waals surface area contributed by atoms with Gasteiger partial charge in [0.1, 0.15) is 5.82 Å². The molecule has 4 aromatic rings. The third kappa shape index (κ3) is 3.84. The summed E-state index contributed by atoms with van der Waals surface area (Å²) in [6.45, 7) is 0. The molecule has 0 saturated heterocycles. The van der Waals surface area contributed by atoms with Crippen LogP contribution in [0.5, 0.6) is 0 Å². The molecule has 0 aliphatic carbocycles. The van der Waals surface area contributed by atoms with E-state index < -0.39 is 4.92 Å². The van der Waals surface area contributed by atoms with Gasteiger partial charge in [-0.3, -0.25) is 10.1 Å². The van der Waals surface area contributed by atoms with Gasteiger partial charge in [0, 0.05) is 48.6 Å². The molecule has 0 bridgehead atoms. The average Bonchev–Trinajstić information content (AvgIpc) is 2.74. The zero-order chi connectivity index (χ0) is 20.4. The van der Waals surface area contributed by atoms with Gasteiger partial charge in [0.05, 0.1) is 10.4 Å². The van der Waals surface area contributed by atoms with Crippen LogP contribution >= 0.6 is 0 Å². The Balaban J connectivity index is 1.75. The van der Waals surface area contributed by atoms with E-state index in [1.54, 1.807) is 12.1 Å². The molecule has 1 N–H and O–H groups in total. The highest BCUT2D eigenvalue weighted by atomic mass is 16.6. The molecule has 0 unspecified atom stereocenters. The van der Waals surface area contributed by atoms with Gasteiger partial charge in [-0.15, -0.1) is 0 Å². The largest absolute Gasteiger partial charge is 0.378 e. The Morgan fingerprint density at radius 2 is 1.59 bits per heavy atom. The molecule has 7 nitrogen and oxygen atoms in total. The number of nitrogens with zero attached hydrogens (tertiary/aromatic N) is 4. The molecule has 144 valence electrons. The maximum absolute atomic E-state index is 10.9. The van der Waals surface area contributed by atoms with Gasteiger partial charge in [0.2, 0.25) is 0 Å². The van der Waals surface area contributed by atoms with Crippen LogP contribution in [0.1, 0.15) is 0 Å². The van der Waals surface area contributed by atoms with Crippen molar-refractivity contribution < 1.29 is 4.92 Å². The highest BCUT2D eigenvalue weighted by Gasteiger charge is 2.11. The number of nitro benzene ring substituents is 1. The first kappa shape index (κ1) is 18.4. The number of hydrogen-bond acceptors (Lipinski definition) is 6. The van der Waals surface area contributed by atoms with E-state index in [0.717, 1.165) is 22.3 Å². The molecule has 3 aromatic carbocycles. The Kier molecular flexibility index (Phi) is 4.78. The number of hydrogen-bond donors (Lipinski definition) is 1. The first-order chi connectivity index (χ1) is 14.0. The van der Waals surface area contributed by atoms with Crippen molar-refractivity contribution in [3.8, 4) is 11.4 Å². The monoisotopic (exact) mass is 385 g/mol. The highest BCUT2D eigenvalue weighted by molar-refractivity contribution is 5.92. The second kappa shape index (κ2) is 7.55. The normalized spacial score (nSPS) is 10.7. The van der Waals surface area contributed by atoms with Gasteiger partial charge in [0.15, 0.2) is 5.82 Å². The van der Waals surface area contributed by atoms with Gasteiger partial charge in [-0.05, 0) is 48.5 Å². The number of aromatic nitrogens is 2.